The number of hydrogen-bond donors (Lipinski definition) is 1. The average Bonchev–Trinajstić information content (AvgIpc) is 2.26. The fourth-order valence-electron chi connectivity index (χ4n) is 1.45. The first-order valence-corrected chi connectivity index (χ1v) is 6.56. The summed E-state index contributed by atoms with van der Waals surface area (Å²) in [7, 11) is 0. The lowest BCUT2D eigenvalue weighted by molar-refractivity contribution is 0.0926. The van der Waals surface area contributed by atoms with E-state index >= 15 is 0 Å². The van der Waals surface area contributed by atoms with Gasteiger partial charge < -0.3 is 10.1 Å². The molecule has 0 saturated heterocycles. The van der Waals surface area contributed by atoms with Crippen molar-refractivity contribution in [3.05, 3.63) is 46.0 Å². The van der Waals surface area contributed by atoms with Crippen molar-refractivity contribution >= 4 is 21.8 Å². The van der Waals surface area contributed by atoms with E-state index in [1.807, 2.05) is 26.0 Å². The summed E-state index contributed by atoms with van der Waals surface area (Å²) in [6, 6.07) is 5.62. The summed E-state index contributed by atoms with van der Waals surface area (Å²) in [5.74, 6) is -0.0849. The number of benzene rings is 1. The number of hydrogen-bond acceptors (Lipinski definition) is 2. The van der Waals surface area contributed by atoms with E-state index in [2.05, 4.69) is 27.8 Å². The van der Waals surface area contributed by atoms with Crippen LogP contribution in [0.2, 0.25) is 0 Å². The molecule has 98 valence electrons. The van der Waals surface area contributed by atoms with Crippen molar-refractivity contribution in [2.24, 2.45) is 0 Å². The highest BCUT2D eigenvalue weighted by Gasteiger charge is 2.06. The summed E-state index contributed by atoms with van der Waals surface area (Å²) in [6.07, 6.45) is 0. The van der Waals surface area contributed by atoms with Crippen molar-refractivity contribution in [2.75, 3.05) is 19.8 Å². The first-order valence-electron chi connectivity index (χ1n) is 5.76. The minimum Gasteiger partial charge on any atom is -0.375 e. The van der Waals surface area contributed by atoms with Crippen molar-refractivity contribution < 1.29 is 9.53 Å². The van der Waals surface area contributed by atoms with Gasteiger partial charge in [-0.1, -0.05) is 28.1 Å². The summed E-state index contributed by atoms with van der Waals surface area (Å²) in [5.41, 5.74) is 2.68. The van der Waals surface area contributed by atoms with Crippen LogP contribution in [0.25, 0.3) is 0 Å². The Morgan fingerprint density at radius 2 is 2.17 bits per heavy atom. The molecule has 0 aliphatic carbocycles. The Morgan fingerprint density at radius 3 is 2.78 bits per heavy atom. The lowest BCUT2D eigenvalue weighted by Gasteiger charge is -2.07. The van der Waals surface area contributed by atoms with Crippen molar-refractivity contribution in [1.29, 1.82) is 0 Å². The number of rotatable bonds is 6. The zero-order valence-corrected chi connectivity index (χ0v) is 12.3. The number of carbonyl (C=O) groups is 1. The third kappa shape index (κ3) is 5.47. The molecule has 1 rings (SSSR count). The summed E-state index contributed by atoms with van der Waals surface area (Å²) in [5, 5.41) is 2.81. The SMILES string of the molecule is C=C(C)COCCNC(=O)c1cc(C)cc(Br)c1. The minimum absolute atomic E-state index is 0.0849. The van der Waals surface area contributed by atoms with E-state index in [1.54, 1.807) is 6.07 Å². The maximum atomic E-state index is 11.8. The number of ether oxygens (including phenoxy) is 1. The summed E-state index contributed by atoms with van der Waals surface area (Å²) < 4.78 is 6.21. The molecule has 1 N–H and O–H groups in total. The van der Waals surface area contributed by atoms with Gasteiger partial charge >= 0.3 is 0 Å². The van der Waals surface area contributed by atoms with Crippen molar-refractivity contribution in [3.8, 4) is 0 Å². The van der Waals surface area contributed by atoms with Gasteiger partial charge in [0.1, 0.15) is 0 Å². The van der Waals surface area contributed by atoms with E-state index in [1.165, 1.54) is 0 Å². The van der Waals surface area contributed by atoms with Gasteiger partial charge in [-0.3, -0.25) is 4.79 Å². The smallest absolute Gasteiger partial charge is 0.251 e. The highest BCUT2D eigenvalue weighted by molar-refractivity contribution is 9.10. The molecule has 0 spiro atoms. The Bertz CT molecular complexity index is 423. The number of nitrogens with one attached hydrogen (secondary N) is 1. The van der Waals surface area contributed by atoms with E-state index in [-0.39, 0.29) is 5.91 Å². The van der Waals surface area contributed by atoms with Crippen molar-refractivity contribution in [2.45, 2.75) is 13.8 Å². The molecule has 1 aromatic rings. The zero-order valence-electron chi connectivity index (χ0n) is 10.8. The van der Waals surface area contributed by atoms with Gasteiger partial charge in [0.15, 0.2) is 0 Å². The van der Waals surface area contributed by atoms with E-state index < -0.39 is 0 Å². The maximum Gasteiger partial charge on any atom is 0.251 e. The quantitative estimate of drug-likeness (QED) is 0.647. The fraction of sp³-hybridized carbons (Fsp3) is 0.357. The molecule has 0 radical (unpaired) electrons. The average molecular weight is 312 g/mol. The zero-order chi connectivity index (χ0) is 13.5. The summed E-state index contributed by atoms with van der Waals surface area (Å²) in [4.78, 5) is 11.8. The minimum atomic E-state index is -0.0849. The number of carbonyl (C=O) groups excluding carboxylic acids is 1. The van der Waals surface area contributed by atoms with Crippen molar-refractivity contribution in [1.82, 2.24) is 5.32 Å². The van der Waals surface area contributed by atoms with Gasteiger partial charge in [0, 0.05) is 16.6 Å². The van der Waals surface area contributed by atoms with Gasteiger partial charge in [-0.2, -0.15) is 0 Å². The number of aryl methyl sites for hydroxylation is 1. The number of halogens is 1. The second kappa shape index (κ2) is 7.34. The second-order valence-electron chi connectivity index (χ2n) is 4.28. The van der Waals surface area contributed by atoms with E-state index in [4.69, 9.17) is 4.74 Å². The maximum absolute atomic E-state index is 11.8. The second-order valence-corrected chi connectivity index (χ2v) is 5.20. The molecule has 0 aliphatic heterocycles. The Labute approximate surface area is 116 Å². The molecule has 0 saturated carbocycles. The molecule has 18 heavy (non-hydrogen) atoms. The molecule has 0 atom stereocenters. The van der Waals surface area contributed by atoms with Gasteiger partial charge in [-0.25, -0.2) is 0 Å². The molecule has 1 amide bonds. The molecular weight excluding hydrogens is 294 g/mol. The Balaban J connectivity index is 2.38. The van der Waals surface area contributed by atoms with Gasteiger partial charge in [0.05, 0.1) is 13.2 Å². The molecular formula is C14H18BrNO2. The Morgan fingerprint density at radius 1 is 1.44 bits per heavy atom. The van der Waals surface area contributed by atoms with E-state index in [9.17, 15) is 4.79 Å². The Hall–Kier alpha value is -1.13. The molecule has 1 aromatic carbocycles. The van der Waals surface area contributed by atoms with Crippen LogP contribution in [0.5, 0.6) is 0 Å². The molecule has 4 heteroatoms. The third-order valence-corrected chi connectivity index (χ3v) is 2.64. The molecule has 0 unspecified atom stereocenters. The lowest BCUT2D eigenvalue weighted by Crippen LogP contribution is -2.27. The Kier molecular flexibility index (Phi) is 6.09. The third-order valence-electron chi connectivity index (χ3n) is 2.18. The first-order chi connectivity index (χ1) is 8.49. The molecule has 0 aromatic heterocycles. The monoisotopic (exact) mass is 311 g/mol. The lowest BCUT2D eigenvalue weighted by atomic mass is 10.1. The predicted molar refractivity (Wildman–Crippen MR) is 76.8 cm³/mol. The predicted octanol–water partition coefficient (Wildman–Crippen LogP) is 3.08. The van der Waals surface area contributed by atoms with E-state index in [0.717, 1.165) is 15.6 Å². The molecule has 0 heterocycles. The van der Waals surface area contributed by atoms with Crippen LogP contribution in [0.3, 0.4) is 0 Å². The molecule has 0 bridgehead atoms. The van der Waals surface area contributed by atoms with Crippen LogP contribution in [0.1, 0.15) is 22.8 Å². The normalized spacial score (nSPS) is 10.2. The first kappa shape index (κ1) is 14.9. The van der Waals surface area contributed by atoms with Crippen LogP contribution in [0.15, 0.2) is 34.8 Å². The van der Waals surface area contributed by atoms with Crippen LogP contribution in [-0.4, -0.2) is 25.7 Å². The highest BCUT2D eigenvalue weighted by Crippen LogP contribution is 2.15. The van der Waals surface area contributed by atoms with Crippen LogP contribution in [-0.2, 0) is 4.74 Å². The van der Waals surface area contributed by atoms with Crippen LogP contribution in [0.4, 0.5) is 0 Å². The van der Waals surface area contributed by atoms with Gasteiger partial charge in [-0.05, 0) is 37.6 Å². The summed E-state index contributed by atoms with van der Waals surface area (Å²) >= 11 is 3.38. The van der Waals surface area contributed by atoms with Crippen LogP contribution >= 0.6 is 15.9 Å². The molecule has 0 aliphatic rings. The van der Waals surface area contributed by atoms with E-state index in [0.29, 0.717) is 25.3 Å². The number of amides is 1. The van der Waals surface area contributed by atoms with Gasteiger partial charge in [0.2, 0.25) is 0 Å². The topological polar surface area (TPSA) is 38.3 Å². The molecule has 0 fully saturated rings. The standard InChI is InChI=1S/C14H18BrNO2/c1-10(2)9-18-5-4-16-14(17)12-6-11(3)7-13(15)8-12/h6-8H,1,4-5,9H2,2-3H3,(H,16,17). The van der Waals surface area contributed by atoms with Gasteiger partial charge in [-0.15, -0.1) is 0 Å². The fourth-order valence-corrected chi connectivity index (χ4v) is 2.06. The van der Waals surface area contributed by atoms with Gasteiger partial charge in [0.25, 0.3) is 5.91 Å². The summed E-state index contributed by atoms with van der Waals surface area (Å²) in [6.45, 7) is 9.12. The molecule has 3 nitrogen and oxygen atoms in total. The van der Waals surface area contributed by atoms with Crippen LogP contribution < -0.4 is 5.32 Å². The van der Waals surface area contributed by atoms with Crippen LogP contribution in [0, 0.1) is 6.92 Å². The highest BCUT2D eigenvalue weighted by atomic mass is 79.9. The van der Waals surface area contributed by atoms with Crippen molar-refractivity contribution in [3.63, 3.8) is 0 Å². The largest absolute Gasteiger partial charge is 0.375 e.